The van der Waals surface area contributed by atoms with Gasteiger partial charge in [-0.05, 0) is 30.7 Å². The summed E-state index contributed by atoms with van der Waals surface area (Å²) >= 11 is 0. The third-order valence-corrected chi connectivity index (χ3v) is 3.59. The molecule has 3 aromatic rings. The minimum atomic E-state index is 0.755. The van der Waals surface area contributed by atoms with Crippen LogP contribution in [-0.2, 0) is 13.0 Å². The highest BCUT2D eigenvalue weighted by atomic mass is 15.1. The van der Waals surface area contributed by atoms with Crippen molar-refractivity contribution in [3.05, 3.63) is 54.0 Å². The van der Waals surface area contributed by atoms with Gasteiger partial charge in [0.25, 0.3) is 0 Å². The summed E-state index contributed by atoms with van der Waals surface area (Å²) in [6.07, 6.45) is 2.08. The number of nitrogens with zero attached hydrogens (tertiary/aromatic N) is 3. The van der Waals surface area contributed by atoms with Gasteiger partial charge < -0.3 is 9.88 Å². The van der Waals surface area contributed by atoms with E-state index in [-0.39, 0.29) is 0 Å². The van der Waals surface area contributed by atoms with Crippen LogP contribution in [0.3, 0.4) is 0 Å². The Hall–Kier alpha value is -2.36. The van der Waals surface area contributed by atoms with Gasteiger partial charge in [-0.15, -0.1) is 0 Å². The first-order valence-electron chi connectivity index (χ1n) is 7.39. The van der Waals surface area contributed by atoms with E-state index in [0.717, 1.165) is 42.2 Å². The normalized spacial score (nSPS) is 11.0. The van der Waals surface area contributed by atoms with E-state index >= 15 is 0 Å². The molecule has 108 valence electrons. The van der Waals surface area contributed by atoms with Gasteiger partial charge >= 0.3 is 0 Å². The van der Waals surface area contributed by atoms with Crippen molar-refractivity contribution in [1.82, 2.24) is 14.5 Å². The van der Waals surface area contributed by atoms with E-state index in [4.69, 9.17) is 4.98 Å². The summed E-state index contributed by atoms with van der Waals surface area (Å²) in [6, 6.07) is 14.4. The van der Waals surface area contributed by atoms with E-state index in [1.165, 1.54) is 5.52 Å². The molecular formula is C17H20N4. The minimum absolute atomic E-state index is 0.755. The second-order valence-electron chi connectivity index (χ2n) is 5.12. The molecule has 2 aromatic heterocycles. The number of para-hydroxylation sites is 2. The van der Waals surface area contributed by atoms with Crippen molar-refractivity contribution >= 4 is 16.9 Å². The Kier molecular flexibility index (Phi) is 3.86. The smallest absolute Gasteiger partial charge is 0.126 e. The third-order valence-electron chi connectivity index (χ3n) is 3.59. The lowest BCUT2D eigenvalue weighted by Gasteiger charge is -2.09. The Morgan fingerprint density at radius 3 is 2.71 bits per heavy atom. The highest BCUT2D eigenvalue weighted by molar-refractivity contribution is 5.76. The maximum absolute atomic E-state index is 4.76. The van der Waals surface area contributed by atoms with Crippen LogP contribution in [0.2, 0.25) is 0 Å². The predicted octanol–water partition coefficient (Wildman–Crippen LogP) is 3.47. The largest absolute Gasteiger partial charge is 0.373 e. The molecule has 0 amide bonds. The second kappa shape index (κ2) is 5.95. The summed E-state index contributed by atoms with van der Waals surface area (Å²) in [6.45, 7) is 2.94. The first-order chi connectivity index (χ1) is 10.3. The molecule has 0 radical (unpaired) electrons. The number of rotatable bonds is 5. The number of anilines is 1. The van der Waals surface area contributed by atoms with E-state index < -0.39 is 0 Å². The van der Waals surface area contributed by atoms with Crippen LogP contribution in [0, 0.1) is 0 Å². The predicted molar refractivity (Wildman–Crippen MR) is 86.6 cm³/mol. The Bertz CT molecular complexity index is 745. The average molecular weight is 280 g/mol. The number of aromatic nitrogens is 3. The van der Waals surface area contributed by atoms with Crippen molar-refractivity contribution in [3.8, 4) is 0 Å². The van der Waals surface area contributed by atoms with Gasteiger partial charge in [0.15, 0.2) is 0 Å². The molecule has 1 aromatic carbocycles. The molecule has 3 rings (SSSR count). The van der Waals surface area contributed by atoms with E-state index in [9.17, 15) is 0 Å². The van der Waals surface area contributed by atoms with Gasteiger partial charge in [0.1, 0.15) is 11.6 Å². The highest BCUT2D eigenvalue weighted by Gasteiger charge is 2.10. The van der Waals surface area contributed by atoms with Crippen molar-refractivity contribution in [1.29, 1.82) is 0 Å². The van der Waals surface area contributed by atoms with Crippen LogP contribution in [0.1, 0.15) is 24.9 Å². The molecule has 4 nitrogen and oxygen atoms in total. The Morgan fingerprint density at radius 2 is 1.90 bits per heavy atom. The summed E-state index contributed by atoms with van der Waals surface area (Å²) in [5.41, 5.74) is 3.28. The Labute approximate surface area is 124 Å². The number of aryl methyl sites for hydroxylation is 1. The van der Waals surface area contributed by atoms with Crippen molar-refractivity contribution in [2.75, 3.05) is 12.4 Å². The van der Waals surface area contributed by atoms with Gasteiger partial charge in [-0.3, -0.25) is 0 Å². The van der Waals surface area contributed by atoms with Gasteiger partial charge in [0, 0.05) is 13.5 Å². The summed E-state index contributed by atoms with van der Waals surface area (Å²) in [4.78, 5) is 9.38. The van der Waals surface area contributed by atoms with Gasteiger partial charge in [-0.1, -0.05) is 25.1 Å². The monoisotopic (exact) mass is 280 g/mol. The van der Waals surface area contributed by atoms with E-state index in [0.29, 0.717) is 0 Å². The molecule has 1 N–H and O–H groups in total. The number of hydrogen-bond acceptors (Lipinski definition) is 3. The first-order valence-corrected chi connectivity index (χ1v) is 7.39. The number of nitrogens with one attached hydrogen (secondary N) is 1. The molecule has 4 heteroatoms. The van der Waals surface area contributed by atoms with Crippen molar-refractivity contribution in [3.63, 3.8) is 0 Å². The number of imidazole rings is 1. The van der Waals surface area contributed by atoms with Crippen molar-refractivity contribution < 1.29 is 0 Å². The molecule has 0 saturated heterocycles. The molecule has 2 heterocycles. The SMILES string of the molecule is CCCc1nc2ccccc2n1Cc1cccc(NC)n1. The molecule has 0 saturated carbocycles. The zero-order valence-corrected chi connectivity index (χ0v) is 12.5. The number of fused-ring (bicyclic) bond motifs is 1. The molecule has 0 fully saturated rings. The molecule has 0 aliphatic heterocycles. The number of benzene rings is 1. The average Bonchev–Trinajstić information content (AvgIpc) is 2.86. The van der Waals surface area contributed by atoms with Crippen LogP contribution in [0.4, 0.5) is 5.82 Å². The van der Waals surface area contributed by atoms with Crippen LogP contribution >= 0.6 is 0 Å². The highest BCUT2D eigenvalue weighted by Crippen LogP contribution is 2.19. The first kappa shape index (κ1) is 13.6. The minimum Gasteiger partial charge on any atom is -0.373 e. The lowest BCUT2D eigenvalue weighted by molar-refractivity contribution is 0.710. The zero-order valence-electron chi connectivity index (χ0n) is 12.5. The maximum Gasteiger partial charge on any atom is 0.126 e. The van der Waals surface area contributed by atoms with Gasteiger partial charge in [0.05, 0.1) is 23.3 Å². The van der Waals surface area contributed by atoms with Crippen LogP contribution < -0.4 is 5.32 Å². The van der Waals surface area contributed by atoms with E-state index in [2.05, 4.69) is 46.1 Å². The summed E-state index contributed by atoms with van der Waals surface area (Å²) < 4.78 is 2.28. The van der Waals surface area contributed by atoms with Crippen LogP contribution in [0.5, 0.6) is 0 Å². The third kappa shape index (κ3) is 2.75. The molecular weight excluding hydrogens is 260 g/mol. The fourth-order valence-corrected chi connectivity index (χ4v) is 2.59. The molecule has 0 spiro atoms. The molecule has 21 heavy (non-hydrogen) atoms. The van der Waals surface area contributed by atoms with E-state index in [1.54, 1.807) is 0 Å². The molecule has 0 unspecified atom stereocenters. The van der Waals surface area contributed by atoms with Crippen LogP contribution in [0.25, 0.3) is 11.0 Å². The Balaban J connectivity index is 2.03. The van der Waals surface area contributed by atoms with Crippen LogP contribution in [-0.4, -0.2) is 21.6 Å². The molecule has 0 aliphatic rings. The lowest BCUT2D eigenvalue weighted by atomic mass is 10.3. The lowest BCUT2D eigenvalue weighted by Crippen LogP contribution is -2.07. The maximum atomic E-state index is 4.76. The fraction of sp³-hybridized carbons (Fsp3) is 0.294. The number of hydrogen-bond donors (Lipinski definition) is 1. The summed E-state index contributed by atoms with van der Waals surface area (Å²) in [5.74, 6) is 2.03. The summed E-state index contributed by atoms with van der Waals surface area (Å²) in [7, 11) is 1.89. The topological polar surface area (TPSA) is 42.7 Å². The van der Waals surface area contributed by atoms with Gasteiger partial charge in [-0.2, -0.15) is 0 Å². The molecule has 0 bridgehead atoms. The molecule has 0 atom stereocenters. The standard InChI is InChI=1S/C17H20N4/c1-3-7-17-20-14-9-4-5-10-15(14)21(17)12-13-8-6-11-16(18-2)19-13/h4-6,8-11H,3,7,12H2,1-2H3,(H,18,19). The Morgan fingerprint density at radius 1 is 1.05 bits per heavy atom. The van der Waals surface area contributed by atoms with E-state index in [1.807, 2.05) is 25.2 Å². The summed E-state index contributed by atoms with van der Waals surface area (Å²) in [5, 5.41) is 3.09. The fourth-order valence-electron chi connectivity index (χ4n) is 2.59. The molecule has 0 aliphatic carbocycles. The quantitative estimate of drug-likeness (QED) is 0.778. The number of pyridine rings is 1. The van der Waals surface area contributed by atoms with Gasteiger partial charge in [-0.25, -0.2) is 9.97 Å². The zero-order chi connectivity index (χ0) is 14.7. The second-order valence-corrected chi connectivity index (χ2v) is 5.12. The van der Waals surface area contributed by atoms with Crippen LogP contribution in [0.15, 0.2) is 42.5 Å². The van der Waals surface area contributed by atoms with Gasteiger partial charge in [0.2, 0.25) is 0 Å². The van der Waals surface area contributed by atoms with Crippen molar-refractivity contribution in [2.24, 2.45) is 0 Å². The van der Waals surface area contributed by atoms with Crippen molar-refractivity contribution in [2.45, 2.75) is 26.3 Å².